The van der Waals surface area contributed by atoms with Crippen LogP contribution >= 0.6 is 0 Å². The average molecular weight is 266 g/mol. The molecule has 2 fully saturated rings. The van der Waals surface area contributed by atoms with Gasteiger partial charge in [-0.05, 0) is 57.7 Å². The summed E-state index contributed by atoms with van der Waals surface area (Å²) in [7, 11) is 0. The van der Waals surface area contributed by atoms with Crippen molar-refractivity contribution in [3.8, 4) is 0 Å². The Kier molecular flexibility index (Phi) is 7.23. The molecule has 1 heterocycles. The van der Waals surface area contributed by atoms with Crippen LogP contribution in [0, 0.1) is 5.92 Å². The molecular weight excluding hydrogens is 232 g/mol. The topological polar surface area (TPSA) is 15.3 Å². The van der Waals surface area contributed by atoms with E-state index in [0.717, 1.165) is 12.0 Å². The number of hydrogen-bond donors (Lipinski definition) is 1. The maximum Gasteiger partial charge on any atom is 0.00953 e. The normalized spacial score (nSPS) is 27.2. The van der Waals surface area contributed by atoms with Gasteiger partial charge in [-0.15, -0.1) is 0 Å². The fourth-order valence-corrected chi connectivity index (χ4v) is 3.92. The Bertz CT molecular complexity index is 215. The first-order valence-corrected chi connectivity index (χ1v) is 8.85. The van der Waals surface area contributed by atoms with Gasteiger partial charge in [-0.1, -0.05) is 39.0 Å². The Morgan fingerprint density at radius 3 is 2.32 bits per heavy atom. The second-order valence-corrected chi connectivity index (χ2v) is 6.71. The summed E-state index contributed by atoms with van der Waals surface area (Å²) in [5.41, 5.74) is 0. The van der Waals surface area contributed by atoms with Crippen LogP contribution < -0.4 is 5.32 Å². The smallest absolute Gasteiger partial charge is 0.00953 e. The second-order valence-electron chi connectivity index (χ2n) is 6.71. The minimum Gasteiger partial charge on any atom is -0.316 e. The zero-order valence-corrected chi connectivity index (χ0v) is 13.0. The molecule has 1 aliphatic heterocycles. The fourth-order valence-electron chi connectivity index (χ4n) is 3.92. The van der Waals surface area contributed by atoms with E-state index in [1.54, 1.807) is 0 Å². The molecule has 1 N–H and O–H groups in total. The summed E-state index contributed by atoms with van der Waals surface area (Å²) in [6, 6.07) is 0.891. The molecule has 2 heteroatoms. The van der Waals surface area contributed by atoms with Crippen molar-refractivity contribution >= 4 is 0 Å². The van der Waals surface area contributed by atoms with Crippen molar-refractivity contribution in [1.82, 2.24) is 10.2 Å². The van der Waals surface area contributed by atoms with Gasteiger partial charge in [-0.25, -0.2) is 0 Å². The highest BCUT2D eigenvalue weighted by Gasteiger charge is 2.23. The monoisotopic (exact) mass is 266 g/mol. The van der Waals surface area contributed by atoms with E-state index >= 15 is 0 Å². The quantitative estimate of drug-likeness (QED) is 0.814. The molecule has 0 aromatic heterocycles. The van der Waals surface area contributed by atoms with E-state index in [4.69, 9.17) is 0 Å². The lowest BCUT2D eigenvalue weighted by atomic mass is 9.93. The number of rotatable bonds is 5. The molecule has 2 rings (SSSR count). The highest BCUT2D eigenvalue weighted by atomic mass is 15.2. The largest absolute Gasteiger partial charge is 0.316 e. The molecule has 1 saturated carbocycles. The van der Waals surface area contributed by atoms with Gasteiger partial charge in [0.2, 0.25) is 0 Å². The maximum absolute atomic E-state index is 3.58. The molecule has 1 atom stereocenters. The van der Waals surface area contributed by atoms with E-state index in [0.29, 0.717) is 0 Å². The minimum absolute atomic E-state index is 0.891. The van der Waals surface area contributed by atoms with E-state index in [1.807, 2.05) is 0 Å². The van der Waals surface area contributed by atoms with Crippen LogP contribution in [0.15, 0.2) is 0 Å². The van der Waals surface area contributed by atoms with E-state index < -0.39 is 0 Å². The lowest BCUT2D eigenvalue weighted by Crippen LogP contribution is -2.43. The van der Waals surface area contributed by atoms with Gasteiger partial charge in [-0.2, -0.15) is 0 Å². The molecule has 2 aliphatic rings. The van der Waals surface area contributed by atoms with Gasteiger partial charge in [0.25, 0.3) is 0 Å². The summed E-state index contributed by atoms with van der Waals surface area (Å²) in [6.45, 7) is 7.52. The van der Waals surface area contributed by atoms with Gasteiger partial charge in [0, 0.05) is 12.6 Å². The van der Waals surface area contributed by atoms with Gasteiger partial charge in [0.1, 0.15) is 0 Å². The second kappa shape index (κ2) is 8.97. The Morgan fingerprint density at radius 1 is 0.947 bits per heavy atom. The Morgan fingerprint density at radius 2 is 1.68 bits per heavy atom. The Hall–Kier alpha value is -0.0800. The lowest BCUT2D eigenvalue weighted by Gasteiger charge is -2.36. The number of piperidine rings is 1. The molecule has 1 unspecified atom stereocenters. The van der Waals surface area contributed by atoms with Crippen molar-refractivity contribution in [2.45, 2.75) is 77.2 Å². The van der Waals surface area contributed by atoms with E-state index in [-0.39, 0.29) is 0 Å². The molecular formula is C17H34N2. The average Bonchev–Trinajstić information content (AvgIpc) is 2.39. The summed E-state index contributed by atoms with van der Waals surface area (Å²) in [5, 5.41) is 3.58. The Labute approximate surface area is 120 Å². The molecule has 0 aromatic rings. The van der Waals surface area contributed by atoms with E-state index in [9.17, 15) is 0 Å². The summed E-state index contributed by atoms with van der Waals surface area (Å²) >= 11 is 0. The molecule has 0 bridgehead atoms. The standard InChI is InChI=1S/C17H34N2/c1-2-13-19(15-16-9-8-12-18-14-16)17-10-6-4-3-5-7-11-17/h16-18H,2-15H2,1H3. The van der Waals surface area contributed by atoms with Crippen molar-refractivity contribution in [3.05, 3.63) is 0 Å². The summed E-state index contributed by atoms with van der Waals surface area (Å²) in [6.07, 6.45) is 14.4. The molecule has 0 amide bonds. The van der Waals surface area contributed by atoms with Crippen LogP contribution in [0.1, 0.15) is 71.1 Å². The van der Waals surface area contributed by atoms with Crippen LogP contribution in [0.25, 0.3) is 0 Å². The van der Waals surface area contributed by atoms with Gasteiger partial charge in [0.15, 0.2) is 0 Å². The van der Waals surface area contributed by atoms with Crippen LogP contribution in [-0.2, 0) is 0 Å². The highest BCUT2D eigenvalue weighted by Crippen LogP contribution is 2.23. The lowest BCUT2D eigenvalue weighted by molar-refractivity contribution is 0.131. The third-order valence-corrected chi connectivity index (χ3v) is 4.99. The Balaban J connectivity index is 1.84. The predicted octanol–water partition coefficient (Wildman–Crippen LogP) is 3.81. The van der Waals surface area contributed by atoms with Crippen LogP contribution in [0.2, 0.25) is 0 Å². The van der Waals surface area contributed by atoms with Crippen LogP contribution in [0.5, 0.6) is 0 Å². The van der Waals surface area contributed by atoms with E-state index in [1.165, 1.54) is 90.4 Å². The first-order valence-electron chi connectivity index (χ1n) is 8.85. The van der Waals surface area contributed by atoms with Crippen LogP contribution in [-0.4, -0.2) is 37.1 Å². The number of nitrogens with zero attached hydrogens (tertiary/aromatic N) is 1. The van der Waals surface area contributed by atoms with Gasteiger partial charge < -0.3 is 10.2 Å². The molecule has 1 aliphatic carbocycles. The molecule has 19 heavy (non-hydrogen) atoms. The van der Waals surface area contributed by atoms with Crippen molar-refractivity contribution in [3.63, 3.8) is 0 Å². The number of nitrogens with one attached hydrogen (secondary N) is 1. The predicted molar refractivity (Wildman–Crippen MR) is 83.6 cm³/mol. The molecule has 0 aromatic carbocycles. The van der Waals surface area contributed by atoms with Crippen LogP contribution in [0.3, 0.4) is 0 Å². The zero-order chi connectivity index (χ0) is 13.3. The van der Waals surface area contributed by atoms with Crippen molar-refractivity contribution in [2.75, 3.05) is 26.2 Å². The molecule has 0 radical (unpaired) electrons. The first kappa shape index (κ1) is 15.3. The number of hydrogen-bond acceptors (Lipinski definition) is 2. The van der Waals surface area contributed by atoms with Crippen molar-refractivity contribution in [1.29, 1.82) is 0 Å². The van der Waals surface area contributed by atoms with Gasteiger partial charge in [0.05, 0.1) is 0 Å². The van der Waals surface area contributed by atoms with Crippen LogP contribution in [0.4, 0.5) is 0 Å². The zero-order valence-electron chi connectivity index (χ0n) is 13.0. The summed E-state index contributed by atoms with van der Waals surface area (Å²) in [5.74, 6) is 0.908. The van der Waals surface area contributed by atoms with Gasteiger partial charge >= 0.3 is 0 Å². The fraction of sp³-hybridized carbons (Fsp3) is 1.00. The minimum atomic E-state index is 0.891. The first-order chi connectivity index (χ1) is 9.40. The van der Waals surface area contributed by atoms with E-state index in [2.05, 4.69) is 17.1 Å². The van der Waals surface area contributed by atoms with Crippen molar-refractivity contribution < 1.29 is 0 Å². The SMILES string of the molecule is CCCN(CC1CCCNC1)C1CCCCCCC1. The van der Waals surface area contributed by atoms with Gasteiger partial charge in [-0.3, -0.25) is 0 Å². The molecule has 2 nitrogen and oxygen atoms in total. The maximum atomic E-state index is 3.58. The molecule has 0 spiro atoms. The highest BCUT2D eigenvalue weighted by molar-refractivity contribution is 4.79. The molecule has 112 valence electrons. The third-order valence-electron chi connectivity index (χ3n) is 4.99. The third kappa shape index (κ3) is 5.43. The summed E-state index contributed by atoms with van der Waals surface area (Å²) in [4.78, 5) is 2.85. The van der Waals surface area contributed by atoms with Crippen molar-refractivity contribution in [2.24, 2.45) is 5.92 Å². The summed E-state index contributed by atoms with van der Waals surface area (Å²) < 4.78 is 0. The molecule has 1 saturated heterocycles.